The summed E-state index contributed by atoms with van der Waals surface area (Å²) in [6.07, 6.45) is 3.22. The van der Waals surface area contributed by atoms with E-state index in [2.05, 4.69) is 5.32 Å². The van der Waals surface area contributed by atoms with Crippen molar-refractivity contribution in [3.05, 3.63) is 101 Å². The van der Waals surface area contributed by atoms with Gasteiger partial charge in [-0.3, -0.25) is 9.59 Å². The van der Waals surface area contributed by atoms with Gasteiger partial charge in [-0.05, 0) is 67.8 Å². The highest BCUT2D eigenvalue weighted by Gasteiger charge is 2.29. The summed E-state index contributed by atoms with van der Waals surface area (Å²) in [6, 6.07) is 18.8. The minimum absolute atomic E-state index is 0.103. The van der Waals surface area contributed by atoms with Gasteiger partial charge >= 0.3 is 0 Å². The summed E-state index contributed by atoms with van der Waals surface area (Å²) in [4.78, 5) is 29.5. The number of benzene rings is 2. The van der Waals surface area contributed by atoms with Gasteiger partial charge in [-0.1, -0.05) is 24.3 Å². The summed E-state index contributed by atoms with van der Waals surface area (Å²) in [5, 5.41) is 9.55. The van der Waals surface area contributed by atoms with Crippen molar-refractivity contribution < 1.29 is 18.7 Å². The van der Waals surface area contributed by atoms with Crippen molar-refractivity contribution in [2.24, 2.45) is 0 Å². The quantitative estimate of drug-likeness (QED) is 0.350. The molecule has 3 heterocycles. The molecule has 2 unspecified atom stereocenters. The van der Waals surface area contributed by atoms with E-state index in [1.165, 1.54) is 35.6 Å². The molecule has 2 aromatic carbocycles. The number of ether oxygens (including phenoxy) is 1. The van der Waals surface area contributed by atoms with Gasteiger partial charge in [-0.25, -0.2) is 9.07 Å². The lowest BCUT2D eigenvalue weighted by molar-refractivity contribution is -0.139. The second-order valence-corrected chi connectivity index (χ2v) is 10.1. The molecule has 1 aliphatic heterocycles. The van der Waals surface area contributed by atoms with Gasteiger partial charge in [-0.2, -0.15) is 5.10 Å². The molecule has 9 heteroatoms. The number of carbonyl (C=O) groups is 2. The van der Waals surface area contributed by atoms with E-state index in [0.29, 0.717) is 24.3 Å². The van der Waals surface area contributed by atoms with Crippen molar-refractivity contribution >= 4 is 29.2 Å². The van der Waals surface area contributed by atoms with Gasteiger partial charge in [-0.15, -0.1) is 11.3 Å². The Morgan fingerprint density at radius 3 is 2.39 bits per heavy atom. The van der Waals surface area contributed by atoms with Crippen LogP contribution in [0.3, 0.4) is 0 Å². The van der Waals surface area contributed by atoms with Crippen molar-refractivity contribution in [3.8, 4) is 16.3 Å². The van der Waals surface area contributed by atoms with Gasteiger partial charge in [0, 0.05) is 30.4 Å². The van der Waals surface area contributed by atoms with E-state index >= 15 is 0 Å². The maximum absolute atomic E-state index is 13.8. The Morgan fingerprint density at radius 1 is 1.03 bits per heavy atom. The number of morpholine rings is 1. The van der Waals surface area contributed by atoms with Crippen LogP contribution in [0.15, 0.2) is 84.0 Å². The molecule has 4 aromatic rings. The maximum atomic E-state index is 13.8. The van der Waals surface area contributed by atoms with E-state index < -0.39 is 11.7 Å². The number of nitrogens with one attached hydrogen (secondary N) is 1. The van der Waals surface area contributed by atoms with E-state index in [4.69, 9.17) is 9.84 Å². The Bertz CT molecular complexity index is 1440. The molecule has 2 atom stereocenters. The average Bonchev–Trinajstić information content (AvgIpc) is 3.58. The zero-order chi connectivity index (χ0) is 26.6. The van der Waals surface area contributed by atoms with Crippen molar-refractivity contribution in [1.29, 1.82) is 0 Å². The van der Waals surface area contributed by atoms with Gasteiger partial charge in [0.1, 0.15) is 17.2 Å². The molecule has 2 aromatic heterocycles. The SMILES string of the molecule is CC1CN(C(=O)/C(=C/c2cn(-c3ccccc3)nc2-c2cccs2)NC(=O)c2ccc(F)cc2)CC(C)O1. The molecular weight excluding hydrogens is 503 g/mol. The standard InChI is InChI=1S/C29H27FN4O3S/c1-19-16-33(17-20(2)37-19)29(36)25(31-28(35)21-10-12-23(30)13-11-21)15-22-18-34(24-7-4-3-5-8-24)32-27(22)26-9-6-14-38-26/h3-15,18-20H,16-17H2,1-2H3,(H,31,35)/b25-15-. The van der Waals surface area contributed by atoms with E-state index in [1.54, 1.807) is 15.7 Å². The summed E-state index contributed by atoms with van der Waals surface area (Å²) in [5.41, 5.74) is 2.57. The molecule has 1 N–H and O–H groups in total. The molecule has 0 spiro atoms. The number of para-hydroxylation sites is 1. The van der Waals surface area contributed by atoms with Crippen LogP contribution >= 0.6 is 11.3 Å². The number of aromatic nitrogens is 2. The minimum atomic E-state index is -0.507. The normalized spacial score (nSPS) is 17.9. The van der Waals surface area contributed by atoms with Crippen molar-refractivity contribution in [3.63, 3.8) is 0 Å². The van der Waals surface area contributed by atoms with Crippen LogP contribution in [0.4, 0.5) is 4.39 Å². The van der Waals surface area contributed by atoms with E-state index in [-0.39, 0.29) is 29.4 Å². The zero-order valence-electron chi connectivity index (χ0n) is 21.0. The Labute approximate surface area is 224 Å². The number of hydrogen-bond acceptors (Lipinski definition) is 5. The first-order chi connectivity index (χ1) is 18.4. The zero-order valence-corrected chi connectivity index (χ0v) is 21.8. The molecule has 38 heavy (non-hydrogen) atoms. The van der Waals surface area contributed by atoms with Crippen molar-refractivity contribution in [1.82, 2.24) is 20.0 Å². The first-order valence-electron chi connectivity index (χ1n) is 12.3. The average molecular weight is 531 g/mol. The molecule has 0 bridgehead atoms. The first kappa shape index (κ1) is 25.6. The maximum Gasteiger partial charge on any atom is 0.270 e. The smallest absolute Gasteiger partial charge is 0.270 e. The lowest BCUT2D eigenvalue weighted by atomic mass is 10.1. The van der Waals surface area contributed by atoms with E-state index in [1.807, 2.05) is 67.9 Å². The monoisotopic (exact) mass is 530 g/mol. The summed E-state index contributed by atoms with van der Waals surface area (Å²) in [6.45, 7) is 4.62. The summed E-state index contributed by atoms with van der Waals surface area (Å²) in [7, 11) is 0. The number of rotatable bonds is 6. The predicted octanol–water partition coefficient (Wildman–Crippen LogP) is 5.15. The van der Waals surface area contributed by atoms with E-state index in [9.17, 15) is 14.0 Å². The summed E-state index contributed by atoms with van der Waals surface area (Å²) in [5.74, 6) is -1.28. The molecule has 1 aliphatic rings. The fraction of sp³-hybridized carbons (Fsp3) is 0.207. The molecule has 0 aliphatic carbocycles. The van der Waals surface area contributed by atoms with Crippen LogP contribution in [-0.2, 0) is 9.53 Å². The van der Waals surface area contributed by atoms with Gasteiger partial charge in [0.2, 0.25) is 0 Å². The highest BCUT2D eigenvalue weighted by atomic mass is 32.1. The van der Waals surface area contributed by atoms with Crippen LogP contribution in [0.5, 0.6) is 0 Å². The van der Waals surface area contributed by atoms with Crippen molar-refractivity contribution in [2.75, 3.05) is 13.1 Å². The topological polar surface area (TPSA) is 76.5 Å². The molecule has 5 rings (SSSR count). The van der Waals surface area contributed by atoms with Crippen LogP contribution < -0.4 is 5.32 Å². The highest BCUT2D eigenvalue weighted by Crippen LogP contribution is 2.29. The molecule has 2 amide bonds. The fourth-order valence-electron chi connectivity index (χ4n) is 4.43. The molecule has 0 saturated carbocycles. The van der Waals surface area contributed by atoms with Crippen LogP contribution in [0.25, 0.3) is 22.3 Å². The lowest BCUT2D eigenvalue weighted by Crippen LogP contribution is -2.50. The van der Waals surface area contributed by atoms with E-state index in [0.717, 1.165) is 10.6 Å². The third kappa shape index (κ3) is 5.74. The van der Waals surface area contributed by atoms with Gasteiger partial charge in [0.25, 0.3) is 11.8 Å². The number of carbonyl (C=O) groups excluding carboxylic acids is 2. The predicted molar refractivity (Wildman–Crippen MR) is 145 cm³/mol. The second-order valence-electron chi connectivity index (χ2n) is 9.18. The molecule has 194 valence electrons. The number of hydrogen-bond donors (Lipinski definition) is 1. The molecule has 1 saturated heterocycles. The second kappa shape index (κ2) is 11.1. The number of nitrogens with zero attached hydrogens (tertiary/aromatic N) is 3. The Kier molecular flexibility index (Phi) is 7.48. The van der Waals surface area contributed by atoms with Crippen LogP contribution in [0.2, 0.25) is 0 Å². The highest BCUT2D eigenvalue weighted by molar-refractivity contribution is 7.13. The number of amides is 2. The largest absolute Gasteiger partial charge is 0.372 e. The third-order valence-electron chi connectivity index (χ3n) is 6.11. The number of thiophene rings is 1. The minimum Gasteiger partial charge on any atom is -0.372 e. The Balaban J connectivity index is 1.57. The van der Waals surface area contributed by atoms with Crippen LogP contribution in [0.1, 0.15) is 29.8 Å². The third-order valence-corrected chi connectivity index (χ3v) is 6.99. The lowest BCUT2D eigenvalue weighted by Gasteiger charge is -2.35. The molecule has 0 radical (unpaired) electrons. The van der Waals surface area contributed by atoms with Crippen molar-refractivity contribution in [2.45, 2.75) is 26.1 Å². The molecule has 7 nitrogen and oxygen atoms in total. The summed E-state index contributed by atoms with van der Waals surface area (Å²) < 4.78 is 21.0. The Morgan fingerprint density at radius 2 is 1.74 bits per heavy atom. The van der Waals surface area contributed by atoms with Gasteiger partial charge in [0.05, 0.1) is 22.8 Å². The van der Waals surface area contributed by atoms with Crippen LogP contribution in [0, 0.1) is 5.82 Å². The van der Waals surface area contributed by atoms with Gasteiger partial charge in [0.15, 0.2) is 0 Å². The van der Waals surface area contributed by atoms with Gasteiger partial charge < -0.3 is 15.0 Å². The fourth-order valence-corrected chi connectivity index (χ4v) is 5.16. The first-order valence-corrected chi connectivity index (χ1v) is 13.2. The number of halogens is 1. The summed E-state index contributed by atoms with van der Waals surface area (Å²) >= 11 is 1.54. The van der Waals surface area contributed by atoms with Crippen LogP contribution in [-0.4, -0.2) is 51.8 Å². The molecular formula is C29H27FN4O3S. The Hall–Kier alpha value is -4.08. The molecule has 1 fully saturated rings.